The van der Waals surface area contributed by atoms with E-state index >= 15 is 0 Å². The molecule has 140 valence electrons. The summed E-state index contributed by atoms with van der Waals surface area (Å²) in [5.41, 5.74) is 1.96. The van der Waals surface area contributed by atoms with Crippen LogP contribution in [0.25, 0.3) is 0 Å². The summed E-state index contributed by atoms with van der Waals surface area (Å²) in [6.45, 7) is 5.40. The Kier molecular flexibility index (Phi) is 6.98. The quantitative estimate of drug-likeness (QED) is 0.739. The molecule has 0 radical (unpaired) electrons. The lowest BCUT2D eigenvalue weighted by Crippen LogP contribution is -2.47. The summed E-state index contributed by atoms with van der Waals surface area (Å²) in [5.74, 6) is -0.342. The minimum absolute atomic E-state index is 0.000239. The first-order chi connectivity index (χ1) is 11.9. The number of carbonyl (C=O) groups is 1. The zero-order valence-corrected chi connectivity index (χ0v) is 16.1. The summed E-state index contributed by atoms with van der Waals surface area (Å²) >= 11 is 0. The van der Waals surface area contributed by atoms with Gasteiger partial charge in [0.25, 0.3) is 0 Å². The molecule has 1 aromatic rings. The smallest absolute Gasteiger partial charge is 0.231 e. The van der Waals surface area contributed by atoms with Crippen LogP contribution in [0.2, 0.25) is 0 Å². The van der Waals surface area contributed by atoms with Gasteiger partial charge in [0.1, 0.15) is 0 Å². The molecular formula is C18H28N2O4S. The van der Waals surface area contributed by atoms with Gasteiger partial charge in [-0.15, -0.1) is 0 Å². The summed E-state index contributed by atoms with van der Waals surface area (Å²) in [7, 11) is -1.89. The van der Waals surface area contributed by atoms with E-state index in [9.17, 15) is 13.2 Å². The first-order valence-corrected chi connectivity index (χ1v) is 10.3. The molecule has 0 aromatic heterocycles. The van der Waals surface area contributed by atoms with E-state index in [-0.39, 0.29) is 30.7 Å². The Bertz CT molecular complexity index is 690. The predicted molar refractivity (Wildman–Crippen MR) is 99.2 cm³/mol. The van der Waals surface area contributed by atoms with Crippen LogP contribution in [0.5, 0.6) is 0 Å². The van der Waals surface area contributed by atoms with Crippen molar-refractivity contribution in [3.8, 4) is 0 Å². The van der Waals surface area contributed by atoms with E-state index in [0.717, 1.165) is 17.7 Å². The molecular weight excluding hydrogens is 340 g/mol. The third-order valence-corrected chi connectivity index (χ3v) is 6.37. The number of methoxy groups -OCH3 is 1. The second-order valence-corrected chi connectivity index (χ2v) is 8.52. The molecule has 2 rings (SSSR count). The Morgan fingerprint density at radius 3 is 2.80 bits per heavy atom. The van der Waals surface area contributed by atoms with Crippen LogP contribution in [0.1, 0.15) is 25.3 Å². The largest absolute Gasteiger partial charge is 0.384 e. The third-order valence-electron chi connectivity index (χ3n) is 4.57. The molecule has 1 saturated heterocycles. The van der Waals surface area contributed by atoms with Crippen LogP contribution in [0, 0.1) is 12.8 Å². The van der Waals surface area contributed by atoms with E-state index in [0.29, 0.717) is 19.5 Å². The maximum Gasteiger partial charge on any atom is 0.231 e. The van der Waals surface area contributed by atoms with Gasteiger partial charge >= 0.3 is 0 Å². The van der Waals surface area contributed by atoms with Gasteiger partial charge in [0.15, 0.2) is 0 Å². The van der Waals surface area contributed by atoms with Crippen molar-refractivity contribution in [2.24, 2.45) is 5.92 Å². The highest BCUT2D eigenvalue weighted by atomic mass is 32.2. The molecule has 0 bridgehead atoms. The van der Waals surface area contributed by atoms with Crippen molar-refractivity contribution in [3.05, 3.63) is 29.8 Å². The van der Waals surface area contributed by atoms with Crippen molar-refractivity contribution < 1.29 is 17.9 Å². The molecule has 1 unspecified atom stereocenters. The molecule has 25 heavy (non-hydrogen) atoms. The predicted octanol–water partition coefficient (Wildman–Crippen LogP) is 2.04. The number of nitrogens with zero attached hydrogens (tertiary/aromatic N) is 2. The second kappa shape index (κ2) is 8.78. The molecule has 1 fully saturated rings. The number of piperidine rings is 1. The Labute approximate surface area is 150 Å². The zero-order chi connectivity index (χ0) is 18.4. The maximum absolute atomic E-state index is 13.0. The number of rotatable bonds is 7. The van der Waals surface area contributed by atoms with Gasteiger partial charge in [-0.1, -0.05) is 12.1 Å². The molecule has 1 aliphatic rings. The number of anilines is 1. The average molecular weight is 368 g/mol. The highest BCUT2D eigenvalue weighted by Gasteiger charge is 2.34. The molecule has 7 heteroatoms. The van der Waals surface area contributed by atoms with Crippen molar-refractivity contribution in [3.63, 3.8) is 0 Å². The fourth-order valence-electron chi connectivity index (χ4n) is 3.20. The van der Waals surface area contributed by atoms with Crippen molar-refractivity contribution in [2.45, 2.75) is 26.7 Å². The highest BCUT2D eigenvalue weighted by Crippen LogP contribution is 2.25. The Morgan fingerprint density at radius 2 is 2.16 bits per heavy atom. The minimum Gasteiger partial charge on any atom is -0.384 e. The maximum atomic E-state index is 13.0. The van der Waals surface area contributed by atoms with Crippen molar-refractivity contribution in [2.75, 3.05) is 44.0 Å². The van der Waals surface area contributed by atoms with Crippen molar-refractivity contribution in [1.29, 1.82) is 0 Å². The van der Waals surface area contributed by atoms with E-state index in [1.54, 1.807) is 4.90 Å². The lowest BCUT2D eigenvalue weighted by molar-refractivity contribution is -0.123. The molecule has 1 amide bonds. The Balaban J connectivity index is 2.12. The normalized spacial score (nSPS) is 18.9. The molecule has 1 aromatic carbocycles. The fraction of sp³-hybridized carbons (Fsp3) is 0.611. The number of amides is 1. The van der Waals surface area contributed by atoms with E-state index in [2.05, 4.69) is 0 Å². The molecule has 0 saturated carbocycles. The Morgan fingerprint density at radius 1 is 1.40 bits per heavy atom. The van der Waals surface area contributed by atoms with E-state index in [1.165, 1.54) is 11.4 Å². The van der Waals surface area contributed by atoms with Crippen LogP contribution in [0.15, 0.2) is 24.3 Å². The van der Waals surface area contributed by atoms with Gasteiger partial charge in [0.2, 0.25) is 15.9 Å². The van der Waals surface area contributed by atoms with Crippen LogP contribution in [0.4, 0.5) is 5.69 Å². The van der Waals surface area contributed by atoms with Crippen LogP contribution in [-0.2, 0) is 19.6 Å². The van der Waals surface area contributed by atoms with Gasteiger partial charge in [-0.2, -0.15) is 0 Å². The highest BCUT2D eigenvalue weighted by molar-refractivity contribution is 7.89. The molecule has 1 aliphatic heterocycles. The fourth-order valence-corrected chi connectivity index (χ4v) is 4.65. The van der Waals surface area contributed by atoms with Gasteiger partial charge in [-0.25, -0.2) is 12.7 Å². The first kappa shape index (κ1) is 19.9. The van der Waals surface area contributed by atoms with Crippen LogP contribution in [0.3, 0.4) is 0 Å². The van der Waals surface area contributed by atoms with Crippen molar-refractivity contribution >= 4 is 21.6 Å². The van der Waals surface area contributed by atoms with Crippen LogP contribution >= 0.6 is 0 Å². The second-order valence-electron chi connectivity index (χ2n) is 6.43. The van der Waals surface area contributed by atoms with Gasteiger partial charge in [0.05, 0.1) is 18.3 Å². The molecule has 1 heterocycles. The standard InChI is InChI=1S/C18H28N2O4S/c1-4-20(17-9-5-7-15(2)13-17)18(21)16-8-6-10-19(14-16)25(22,23)12-11-24-3/h5,7,9,13,16H,4,6,8,10-12,14H2,1-3H3. The summed E-state index contributed by atoms with van der Waals surface area (Å²) in [6, 6.07) is 7.83. The third kappa shape index (κ3) is 5.03. The lowest BCUT2D eigenvalue weighted by atomic mass is 9.97. The van der Waals surface area contributed by atoms with Gasteiger partial charge in [-0.3, -0.25) is 4.79 Å². The number of hydrogen-bond donors (Lipinski definition) is 0. The van der Waals surface area contributed by atoms with Crippen molar-refractivity contribution in [1.82, 2.24) is 4.31 Å². The zero-order valence-electron chi connectivity index (χ0n) is 15.3. The SMILES string of the molecule is CCN(C(=O)C1CCCN(S(=O)(=O)CCOC)C1)c1cccc(C)c1. The van der Waals surface area contributed by atoms with E-state index in [1.807, 2.05) is 38.1 Å². The minimum atomic E-state index is -3.38. The van der Waals surface area contributed by atoms with E-state index in [4.69, 9.17) is 4.74 Å². The van der Waals surface area contributed by atoms with Crippen LogP contribution < -0.4 is 4.90 Å². The molecule has 6 nitrogen and oxygen atoms in total. The van der Waals surface area contributed by atoms with Gasteiger partial charge in [0, 0.05) is 32.4 Å². The van der Waals surface area contributed by atoms with E-state index < -0.39 is 10.0 Å². The molecule has 1 atom stereocenters. The number of carbonyl (C=O) groups excluding carboxylic acids is 1. The molecule has 0 aliphatic carbocycles. The monoisotopic (exact) mass is 368 g/mol. The summed E-state index contributed by atoms with van der Waals surface area (Å²) in [5, 5.41) is 0. The van der Waals surface area contributed by atoms with Gasteiger partial charge in [-0.05, 0) is 44.4 Å². The number of hydrogen-bond acceptors (Lipinski definition) is 4. The summed E-state index contributed by atoms with van der Waals surface area (Å²) in [6.07, 6.45) is 1.42. The molecule has 0 spiro atoms. The molecule has 0 N–H and O–H groups in total. The summed E-state index contributed by atoms with van der Waals surface area (Å²) in [4.78, 5) is 14.8. The van der Waals surface area contributed by atoms with Crippen LogP contribution in [-0.4, -0.2) is 57.7 Å². The number of sulfonamides is 1. The Hall–Kier alpha value is -1.44. The first-order valence-electron chi connectivity index (χ1n) is 8.74. The topological polar surface area (TPSA) is 66.9 Å². The van der Waals surface area contributed by atoms with Gasteiger partial charge < -0.3 is 9.64 Å². The average Bonchev–Trinajstić information content (AvgIpc) is 2.61. The number of aryl methyl sites for hydroxylation is 1. The number of ether oxygens (including phenoxy) is 1. The summed E-state index contributed by atoms with van der Waals surface area (Å²) < 4.78 is 31.1. The lowest BCUT2D eigenvalue weighted by Gasteiger charge is -2.34. The number of benzene rings is 1.